The van der Waals surface area contributed by atoms with Crippen molar-refractivity contribution in [3.8, 4) is 6.07 Å². The van der Waals surface area contributed by atoms with Gasteiger partial charge in [0.2, 0.25) is 0 Å². The number of aryl methyl sites for hydroxylation is 2. The minimum atomic E-state index is 0.613. The number of aromatic nitrogens is 2. The first kappa shape index (κ1) is 17.4. The molecule has 5 heteroatoms. The van der Waals surface area contributed by atoms with E-state index in [1.807, 2.05) is 38.4 Å². The molecule has 2 aromatic heterocycles. The monoisotopic (exact) mass is 335 g/mol. The summed E-state index contributed by atoms with van der Waals surface area (Å²) in [7, 11) is 2.16. The van der Waals surface area contributed by atoms with Gasteiger partial charge < -0.3 is 9.80 Å². The van der Waals surface area contributed by atoms with Crippen LogP contribution in [0.25, 0.3) is 0 Å². The molecule has 0 radical (unpaired) electrons. The molecule has 0 unspecified atom stereocenters. The van der Waals surface area contributed by atoms with E-state index in [4.69, 9.17) is 0 Å². The molecule has 130 valence electrons. The summed E-state index contributed by atoms with van der Waals surface area (Å²) in [6, 6.07) is 8.48. The second-order valence-electron chi connectivity index (χ2n) is 7.01. The maximum absolute atomic E-state index is 9.50. The van der Waals surface area contributed by atoms with Crippen LogP contribution in [-0.2, 0) is 6.54 Å². The normalized spacial score (nSPS) is 17.1. The summed E-state index contributed by atoms with van der Waals surface area (Å²) < 4.78 is 0. The second-order valence-corrected chi connectivity index (χ2v) is 7.01. The Kier molecular flexibility index (Phi) is 5.30. The predicted molar refractivity (Wildman–Crippen MR) is 99.3 cm³/mol. The van der Waals surface area contributed by atoms with Crippen LogP contribution >= 0.6 is 0 Å². The number of hydrogen-bond donors (Lipinski definition) is 0. The fourth-order valence-electron chi connectivity index (χ4n) is 3.70. The smallest absolute Gasteiger partial charge is 0.103 e. The van der Waals surface area contributed by atoms with Gasteiger partial charge in [0.1, 0.15) is 6.07 Å². The van der Waals surface area contributed by atoms with Crippen molar-refractivity contribution < 1.29 is 0 Å². The lowest BCUT2D eigenvalue weighted by atomic mass is 10.1. The van der Waals surface area contributed by atoms with Gasteiger partial charge in [0.15, 0.2) is 0 Å². The Labute approximate surface area is 149 Å². The van der Waals surface area contributed by atoms with E-state index in [-0.39, 0.29) is 0 Å². The summed E-state index contributed by atoms with van der Waals surface area (Å²) in [6.45, 7) is 7.88. The molecule has 1 atom stereocenters. The summed E-state index contributed by atoms with van der Waals surface area (Å²) in [5.41, 5.74) is 4.81. The van der Waals surface area contributed by atoms with Crippen LogP contribution in [0.3, 0.4) is 0 Å². The van der Waals surface area contributed by atoms with Crippen molar-refractivity contribution in [3.05, 3.63) is 53.1 Å². The van der Waals surface area contributed by atoms with Crippen LogP contribution in [0.4, 0.5) is 5.69 Å². The van der Waals surface area contributed by atoms with Gasteiger partial charge in [-0.1, -0.05) is 6.07 Å². The summed E-state index contributed by atoms with van der Waals surface area (Å²) in [5.74, 6) is 0.613. The third kappa shape index (κ3) is 4.15. The lowest BCUT2D eigenvalue weighted by molar-refractivity contribution is 0.279. The Morgan fingerprint density at radius 3 is 2.96 bits per heavy atom. The summed E-state index contributed by atoms with van der Waals surface area (Å²) in [4.78, 5) is 13.3. The number of nitrogens with zero attached hydrogens (tertiary/aromatic N) is 5. The minimum absolute atomic E-state index is 0.613. The lowest BCUT2D eigenvalue weighted by Crippen LogP contribution is -2.28. The molecule has 0 amide bonds. The molecule has 5 nitrogen and oxygen atoms in total. The average Bonchev–Trinajstić information content (AvgIpc) is 3.03. The van der Waals surface area contributed by atoms with Crippen LogP contribution < -0.4 is 4.90 Å². The van der Waals surface area contributed by atoms with Crippen molar-refractivity contribution in [2.24, 2.45) is 5.92 Å². The van der Waals surface area contributed by atoms with E-state index in [1.54, 1.807) is 0 Å². The highest BCUT2D eigenvalue weighted by molar-refractivity contribution is 5.62. The molecule has 1 saturated heterocycles. The van der Waals surface area contributed by atoms with Crippen molar-refractivity contribution in [1.82, 2.24) is 14.9 Å². The maximum Gasteiger partial charge on any atom is 0.103 e. The first-order chi connectivity index (χ1) is 12.1. The number of anilines is 1. The molecule has 1 aliphatic rings. The molecular formula is C20H25N5. The SMILES string of the molecule is Cc1cc(N2CC[C@@H](CN(C)Cc3cccnc3)C2)c(C#N)c(C)n1. The van der Waals surface area contributed by atoms with Gasteiger partial charge in [-0.05, 0) is 50.9 Å². The zero-order valence-electron chi connectivity index (χ0n) is 15.2. The lowest BCUT2D eigenvalue weighted by Gasteiger charge is -2.23. The van der Waals surface area contributed by atoms with Crippen LogP contribution in [0.15, 0.2) is 30.6 Å². The second kappa shape index (κ2) is 7.62. The first-order valence-electron chi connectivity index (χ1n) is 8.77. The molecule has 1 fully saturated rings. The Balaban J connectivity index is 1.63. The molecule has 0 spiro atoms. The molecule has 0 aromatic carbocycles. The first-order valence-corrected chi connectivity index (χ1v) is 8.77. The van der Waals surface area contributed by atoms with Crippen LogP contribution in [0.5, 0.6) is 0 Å². The van der Waals surface area contributed by atoms with E-state index < -0.39 is 0 Å². The summed E-state index contributed by atoms with van der Waals surface area (Å²) >= 11 is 0. The van der Waals surface area contributed by atoms with Crippen molar-refractivity contribution in [1.29, 1.82) is 5.26 Å². The molecule has 1 aliphatic heterocycles. The molecule has 25 heavy (non-hydrogen) atoms. The van der Waals surface area contributed by atoms with Gasteiger partial charge in [0.25, 0.3) is 0 Å². The van der Waals surface area contributed by atoms with Crippen LogP contribution in [0.1, 0.15) is 28.9 Å². The van der Waals surface area contributed by atoms with E-state index in [2.05, 4.69) is 39.0 Å². The molecule has 0 saturated carbocycles. The number of nitriles is 1. The van der Waals surface area contributed by atoms with Gasteiger partial charge in [0.05, 0.1) is 16.9 Å². The van der Waals surface area contributed by atoms with E-state index in [0.717, 1.165) is 55.2 Å². The van der Waals surface area contributed by atoms with Gasteiger partial charge in [-0.3, -0.25) is 9.97 Å². The van der Waals surface area contributed by atoms with Crippen molar-refractivity contribution in [3.63, 3.8) is 0 Å². The number of pyridine rings is 2. The molecule has 0 aliphatic carbocycles. The molecule has 0 N–H and O–H groups in total. The third-order valence-corrected chi connectivity index (χ3v) is 4.79. The highest BCUT2D eigenvalue weighted by Gasteiger charge is 2.26. The zero-order chi connectivity index (χ0) is 17.8. The number of rotatable bonds is 5. The quantitative estimate of drug-likeness (QED) is 0.841. The van der Waals surface area contributed by atoms with Gasteiger partial charge in [-0.15, -0.1) is 0 Å². The Hall–Kier alpha value is -2.45. The predicted octanol–water partition coefficient (Wildman–Crippen LogP) is 2.92. The van der Waals surface area contributed by atoms with Crippen molar-refractivity contribution >= 4 is 5.69 Å². The molecule has 0 bridgehead atoms. The van der Waals surface area contributed by atoms with Crippen LogP contribution in [-0.4, -0.2) is 41.5 Å². The Bertz CT molecular complexity index is 766. The van der Waals surface area contributed by atoms with Gasteiger partial charge in [0, 0.05) is 44.3 Å². The van der Waals surface area contributed by atoms with Crippen LogP contribution in [0, 0.1) is 31.1 Å². The van der Waals surface area contributed by atoms with E-state index in [9.17, 15) is 5.26 Å². The highest BCUT2D eigenvalue weighted by Crippen LogP contribution is 2.29. The fraction of sp³-hybridized carbons (Fsp3) is 0.450. The maximum atomic E-state index is 9.50. The number of hydrogen-bond acceptors (Lipinski definition) is 5. The third-order valence-electron chi connectivity index (χ3n) is 4.79. The van der Waals surface area contributed by atoms with E-state index >= 15 is 0 Å². The summed E-state index contributed by atoms with van der Waals surface area (Å²) in [5, 5.41) is 9.50. The zero-order valence-corrected chi connectivity index (χ0v) is 15.2. The van der Waals surface area contributed by atoms with Crippen LogP contribution in [0.2, 0.25) is 0 Å². The fourth-order valence-corrected chi connectivity index (χ4v) is 3.70. The van der Waals surface area contributed by atoms with Gasteiger partial charge in [-0.25, -0.2) is 0 Å². The molecule has 2 aromatic rings. The molecule has 3 heterocycles. The Morgan fingerprint density at radius 1 is 1.40 bits per heavy atom. The minimum Gasteiger partial charge on any atom is -0.370 e. The van der Waals surface area contributed by atoms with Crippen molar-refractivity contribution in [2.45, 2.75) is 26.8 Å². The average molecular weight is 335 g/mol. The van der Waals surface area contributed by atoms with Gasteiger partial charge >= 0.3 is 0 Å². The standard InChI is InChI=1S/C20H25N5/c1-15-9-20(19(10-21)16(2)23-15)25-8-6-18(14-25)13-24(3)12-17-5-4-7-22-11-17/h4-5,7,9,11,18H,6,8,12-14H2,1-3H3/t18-/m0/s1. The van der Waals surface area contributed by atoms with E-state index in [0.29, 0.717) is 5.92 Å². The molecular weight excluding hydrogens is 310 g/mol. The largest absolute Gasteiger partial charge is 0.370 e. The van der Waals surface area contributed by atoms with Crippen molar-refractivity contribution in [2.75, 3.05) is 31.6 Å². The topological polar surface area (TPSA) is 56.0 Å². The summed E-state index contributed by atoms with van der Waals surface area (Å²) in [6.07, 6.45) is 4.89. The molecule has 3 rings (SSSR count). The van der Waals surface area contributed by atoms with E-state index in [1.165, 1.54) is 5.56 Å². The van der Waals surface area contributed by atoms with Gasteiger partial charge in [-0.2, -0.15) is 5.26 Å². The Morgan fingerprint density at radius 2 is 2.24 bits per heavy atom. The highest BCUT2D eigenvalue weighted by atomic mass is 15.2.